The quantitative estimate of drug-likeness (QED) is 0.632. The van der Waals surface area contributed by atoms with E-state index in [1.165, 1.54) is 0 Å². The van der Waals surface area contributed by atoms with Crippen LogP contribution < -0.4 is 24.8 Å². The average Bonchev–Trinajstić information content (AvgIpc) is 3.22. The first-order valence-electron chi connectivity index (χ1n) is 9.34. The Morgan fingerprint density at radius 1 is 1.03 bits per heavy atom. The van der Waals surface area contributed by atoms with Crippen LogP contribution in [0.4, 0.5) is 11.4 Å². The van der Waals surface area contributed by atoms with Crippen molar-refractivity contribution in [1.82, 2.24) is 4.98 Å². The first kappa shape index (κ1) is 18.6. The number of carbonyl (C=O) groups is 1. The summed E-state index contributed by atoms with van der Waals surface area (Å²) in [5.74, 6) is 2.01. The summed E-state index contributed by atoms with van der Waals surface area (Å²) in [6.07, 6.45) is 1.64. The van der Waals surface area contributed by atoms with Crippen molar-refractivity contribution in [3.05, 3.63) is 72.1 Å². The summed E-state index contributed by atoms with van der Waals surface area (Å²) in [5, 5.41) is 6.11. The number of rotatable bonds is 7. The minimum absolute atomic E-state index is 0.260. The van der Waals surface area contributed by atoms with Crippen LogP contribution in [-0.4, -0.2) is 24.3 Å². The molecule has 0 saturated heterocycles. The molecule has 7 nitrogen and oxygen atoms in total. The number of nitrogens with one attached hydrogen (secondary N) is 2. The molecule has 0 unspecified atom stereocenters. The van der Waals surface area contributed by atoms with E-state index in [0.717, 1.165) is 28.5 Å². The van der Waals surface area contributed by atoms with Crippen molar-refractivity contribution in [2.24, 2.45) is 0 Å². The van der Waals surface area contributed by atoms with Crippen LogP contribution in [0, 0.1) is 0 Å². The van der Waals surface area contributed by atoms with Crippen LogP contribution in [0.3, 0.4) is 0 Å². The molecular formula is C22H21N3O4. The van der Waals surface area contributed by atoms with E-state index in [0.29, 0.717) is 24.5 Å². The van der Waals surface area contributed by atoms with E-state index in [4.69, 9.17) is 14.2 Å². The van der Waals surface area contributed by atoms with Gasteiger partial charge in [0.2, 0.25) is 6.79 Å². The summed E-state index contributed by atoms with van der Waals surface area (Å²) in [6, 6.07) is 16.6. The number of anilines is 2. The van der Waals surface area contributed by atoms with Gasteiger partial charge in [-0.05, 0) is 61.0 Å². The van der Waals surface area contributed by atoms with Gasteiger partial charge in [-0.3, -0.25) is 4.79 Å². The molecule has 1 aliphatic heterocycles. The average molecular weight is 391 g/mol. The fourth-order valence-corrected chi connectivity index (χ4v) is 2.88. The number of carbonyl (C=O) groups excluding carboxylic acids is 1. The SMILES string of the molecule is CCOc1ccc(NC(=O)c2ccc(NCc3ccc4c(c3)OCO4)cn2)cc1. The molecule has 2 heterocycles. The fourth-order valence-electron chi connectivity index (χ4n) is 2.88. The standard InChI is InChI=1S/C22H21N3O4/c1-2-27-18-7-4-16(5-8-18)25-22(26)19-9-6-17(13-24-19)23-12-15-3-10-20-21(11-15)29-14-28-20/h3-11,13,23H,2,12,14H2,1H3,(H,25,26). The van der Waals surface area contributed by atoms with Gasteiger partial charge in [0.15, 0.2) is 11.5 Å². The Labute approximate surface area is 168 Å². The maximum Gasteiger partial charge on any atom is 0.274 e. The number of amides is 1. The predicted octanol–water partition coefficient (Wildman–Crippen LogP) is 4.07. The van der Waals surface area contributed by atoms with Crippen LogP contribution in [0.15, 0.2) is 60.8 Å². The molecule has 148 valence electrons. The number of hydrogen-bond donors (Lipinski definition) is 2. The van der Waals surface area contributed by atoms with Crippen molar-refractivity contribution in [3.8, 4) is 17.2 Å². The predicted molar refractivity (Wildman–Crippen MR) is 110 cm³/mol. The van der Waals surface area contributed by atoms with Crippen LogP contribution in [-0.2, 0) is 6.54 Å². The second-order valence-corrected chi connectivity index (χ2v) is 6.38. The van der Waals surface area contributed by atoms with E-state index in [9.17, 15) is 4.79 Å². The molecule has 0 aliphatic carbocycles. The van der Waals surface area contributed by atoms with Gasteiger partial charge in [0.1, 0.15) is 11.4 Å². The molecule has 1 aliphatic rings. The van der Waals surface area contributed by atoms with Crippen LogP contribution in [0.5, 0.6) is 17.2 Å². The summed E-state index contributed by atoms with van der Waals surface area (Å²) < 4.78 is 16.1. The number of ether oxygens (including phenoxy) is 3. The van der Waals surface area contributed by atoms with Crippen molar-refractivity contribution in [1.29, 1.82) is 0 Å². The van der Waals surface area contributed by atoms with Crippen LogP contribution >= 0.6 is 0 Å². The van der Waals surface area contributed by atoms with Gasteiger partial charge >= 0.3 is 0 Å². The molecule has 0 saturated carbocycles. The highest BCUT2D eigenvalue weighted by Crippen LogP contribution is 2.32. The van der Waals surface area contributed by atoms with Crippen molar-refractivity contribution in [2.75, 3.05) is 24.0 Å². The lowest BCUT2D eigenvalue weighted by atomic mass is 10.2. The van der Waals surface area contributed by atoms with Gasteiger partial charge in [0.25, 0.3) is 5.91 Å². The number of benzene rings is 2. The van der Waals surface area contributed by atoms with E-state index in [1.807, 2.05) is 43.3 Å². The molecule has 0 fully saturated rings. The van der Waals surface area contributed by atoms with Gasteiger partial charge in [0.05, 0.1) is 18.5 Å². The number of nitrogens with zero attached hydrogens (tertiary/aromatic N) is 1. The lowest BCUT2D eigenvalue weighted by Crippen LogP contribution is -2.13. The number of aromatic nitrogens is 1. The Morgan fingerprint density at radius 3 is 2.59 bits per heavy atom. The molecule has 1 amide bonds. The third kappa shape index (κ3) is 4.57. The van der Waals surface area contributed by atoms with Crippen molar-refractivity contribution < 1.29 is 19.0 Å². The highest BCUT2D eigenvalue weighted by atomic mass is 16.7. The molecule has 2 N–H and O–H groups in total. The largest absolute Gasteiger partial charge is 0.494 e. The number of hydrogen-bond acceptors (Lipinski definition) is 6. The summed E-state index contributed by atoms with van der Waals surface area (Å²) in [7, 11) is 0. The van der Waals surface area contributed by atoms with Gasteiger partial charge in [-0.2, -0.15) is 0 Å². The normalized spacial score (nSPS) is 11.8. The smallest absolute Gasteiger partial charge is 0.274 e. The second-order valence-electron chi connectivity index (χ2n) is 6.38. The zero-order chi connectivity index (χ0) is 20.1. The van der Waals surface area contributed by atoms with Crippen molar-refractivity contribution in [3.63, 3.8) is 0 Å². The van der Waals surface area contributed by atoms with E-state index in [1.54, 1.807) is 24.4 Å². The minimum Gasteiger partial charge on any atom is -0.494 e. The maximum absolute atomic E-state index is 12.4. The maximum atomic E-state index is 12.4. The Hall–Kier alpha value is -3.74. The lowest BCUT2D eigenvalue weighted by Gasteiger charge is -2.09. The molecule has 1 aromatic heterocycles. The van der Waals surface area contributed by atoms with E-state index in [-0.39, 0.29) is 12.7 Å². The minimum atomic E-state index is -0.267. The van der Waals surface area contributed by atoms with Gasteiger partial charge in [-0.15, -0.1) is 0 Å². The Balaban J connectivity index is 1.32. The molecule has 7 heteroatoms. The summed E-state index contributed by atoms with van der Waals surface area (Å²) in [6.45, 7) is 3.39. The monoisotopic (exact) mass is 391 g/mol. The molecule has 0 spiro atoms. The Morgan fingerprint density at radius 2 is 1.83 bits per heavy atom. The molecular weight excluding hydrogens is 370 g/mol. The topological polar surface area (TPSA) is 81.7 Å². The Bertz CT molecular complexity index is 988. The van der Waals surface area contributed by atoms with Gasteiger partial charge in [0, 0.05) is 12.2 Å². The molecule has 3 aromatic rings. The molecule has 0 atom stereocenters. The first-order valence-corrected chi connectivity index (χ1v) is 9.34. The van der Waals surface area contributed by atoms with Crippen LogP contribution in [0.1, 0.15) is 23.0 Å². The summed E-state index contributed by atoms with van der Waals surface area (Å²) in [4.78, 5) is 16.6. The molecule has 4 rings (SSSR count). The molecule has 2 aromatic carbocycles. The van der Waals surface area contributed by atoms with Crippen LogP contribution in [0.25, 0.3) is 0 Å². The molecule has 0 radical (unpaired) electrons. The van der Waals surface area contributed by atoms with Crippen molar-refractivity contribution >= 4 is 17.3 Å². The number of pyridine rings is 1. The first-order chi connectivity index (χ1) is 14.2. The van der Waals surface area contributed by atoms with Gasteiger partial charge < -0.3 is 24.8 Å². The van der Waals surface area contributed by atoms with Gasteiger partial charge in [-0.1, -0.05) is 6.07 Å². The summed E-state index contributed by atoms with van der Waals surface area (Å²) in [5.41, 5.74) is 2.91. The van der Waals surface area contributed by atoms with Crippen molar-refractivity contribution in [2.45, 2.75) is 13.5 Å². The Kier molecular flexibility index (Phi) is 5.47. The third-order valence-corrected chi connectivity index (χ3v) is 4.35. The molecule has 0 bridgehead atoms. The fraction of sp³-hybridized carbons (Fsp3) is 0.182. The summed E-state index contributed by atoms with van der Waals surface area (Å²) >= 11 is 0. The zero-order valence-corrected chi connectivity index (χ0v) is 16.0. The van der Waals surface area contributed by atoms with Crippen LogP contribution in [0.2, 0.25) is 0 Å². The number of fused-ring (bicyclic) bond motifs is 1. The lowest BCUT2D eigenvalue weighted by molar-refractivity contribution is 0.102. The second kappa shape index (κ2) is 8.52. The van der Waals surface area contributed by atoms with E-state index in [2.05, 4.69) is 15.6 Å². The molecule has 29 heavy (non-hydrogen) atoms. The van der Waals surface area contributed by atoms with E-state index < -0.39 is 0 Å². The third-order valence-electron chi connectivity index (χ3n) is 4.35. The highest BCUT2D eigenvalue weighted by molar-refractivity contribution is 6.02. The van der Waals surface area contributed by atoms with E-state index >= 15 is 0 Å². The zero-order valence-electron chi connectivity index (χ0n) is 16.0. The van der Waals surface area contributed by atoms with Gasteiger partial charge in [-0.25, -0.2) is 4.98 Å². The highest BCUT2D eigenvalue weighted by Gasteiger charge is 2.13.